The summed E-state index contributed by atoms with van der Waals surface area (Å²) in [6.45, 7) is 3.77. The van der Waals surface area contributed by atoms with Crippen LogP contribution in [0.4, 0.5) is 0 Å². The first-order valence-electron chi connectivity index (χ1n) is 3.14. The van der Waals surface area contributed by atoms with Crippen molar-refractivity contribution in [3.05, 3.63) is 11.6 Å². The van der Waals surface area contributed by atoms with E-state index in [1.807, 2.05) is 13.8 Å². The Hall–Kier alpha value is -0.167. The zero-order valence-corrected chi connectivity index (χ0v) is 9.52. The summed E-state index contributed by atoms with van der Waals surface area (Å²) in [4.78, 5) is 10.3. The van der Waals surface area contributed by atoms with Crippen LogP contribution in [0.25, 0.3) is 0 Å². The van der Waals surface area contributed by atoms with E-state index in [-0.39, 0.29) is 19.5 Å². The minimum atomic E-state index is -0.792. The van der Waals surface area contributed by atoms with Crippen LogP contribution in [0.1, 0.15) is 26.7 Å². The predicted molar refractivity (Wildman–Crippen MR) is 36.3 cm³/mol. The van der Waals surface area contributed by atoms with Gasteiger partial charge in [-0.1, -0.05) is 19.9 Å². The average molecular weight is 194 g/mol. The molecule has 0 atom stereocenters. The number of aliphatic carboxylic acids is 1. The number of carboxylic acid groups (broad SMARTS) is 1. The molecule has 0 rings (SSSR count). The minimum absolute atomic E-state index is 0. The Balaban J connectivity index is 0. The van der Waals surface area contributed by atoms with Crippen molar-refractivity contribution in [1.29, 1.82) is 0 Å². The van der Waals surface area contributed by atoms with E-state index in [4.69, 9.17) is 5.11 Å². The summed E-state index contributed by atoms with van der Waals surface area (Å²) in [7, 11) is 0. The van der Waals surface area contributed by atoms with E-state index in [2.05, 4.69) is 0 Å². The molecule has 0 heterocycles. The van der Waals surface area contributed by atoms with Gasteiger partial charge in [-0.25, -0.2) is 4.79 Å². The molecule has 0 aromatic rings. The molecule has 0 spiro atoms. The molecule has 3 heteroatoms. The van der Waals surface area contributed by atoms with Crippen molar-refractivity contribution in [2.75, 3.05) is 0 Å². The Morgan fingerprint density at radius 1 is 1.50 bits per heavy atom. The maximum Gasteiger partial charge on any atom is 0.331 e. The number of rotatable bonds is 3. The molecule has 0 unspecified atom stereocenters. The van der Waals surface area contributed by atoms with Gasteiger partial charge >= 0.3 is 5.97 Å². The van der Waals surface area contributed by atoms with Gasteiger partial charge in [-0.05, 0) is 12.8 Å². The van der Waals surface area contributed by atoms with Crippen LogP contribution >= 0.6 is 0 Å². The Morgan fingerprint density at radius 2 is 2.00 bits per heavy atom. The van der Waals surface area contributed by atoms with Gasteiger partial charge in [0.1, 0.15) is 0 Å². The van der Waals surface area contributed by atoms with Crippen molar-refractivity contribution < 1.29 is 29.4 Å². The summed E-state index contributed by atoms with van der Waals surface area (Å²) >= 11 is 0. The van der Waals surface area contributed by atoms with Crippen LogP contribution < -0.4 is 0 Å². The second kappa shape index (κ2) is 6.95. The van der Waals surface area contributed by atoms with Crippen molar-refractivity contribution in [3.8, 4) is 0 Å². The summed E-state index contributed by atoms with van der Waals surface area (Å²) in [5.41, 5.74) is 0.512. The van der Waals surface area contributed by atoms with Crippen LogP contribution in [0, 0.1) is 0 Å². The molecule has 0 aliphatic rings. The number of hydrogen-bond acceptors (Lipinski definition) is 1. The molecule has 10 heavy (non-hydrogen) atoms. The van der Waals surface area contributed by atoms with E-state index >= 15 is 0 Å². The van der Waals surface area contributed by atoms with E-state index in [1.165, 1.54) is 0 Å². The van der Waals surface area contributed by atoms with Gasteiger partial charge in [0.15, 0.2) is 0 Å². The Labute approximate surface area is 74.1 Å². The van der Waals surface area contributed by atoms with Crippen LogP contribution in [0.2, 0.25) is 0 Å². The number of carbonyl (C=O) groups is 1. The van der Waals surface area contributed by atoms with Crippen LogP contribution in [0.15, 0.2) is 11.6 Å². The van der Waals surface area contributed by atoms with Gasteiger partial charge in [0.05, 0.1) is 0 Å². The van der Waals surface area contributed by atoms with Gasteiger partial charge in [-0.15, -0.1) is 0 Å². The monoisotopic (exact) mass is 192 g/mol. The molecule has 0 bridgehead atoms. The Kier molecular flexibility index (Phi) is 8.69. The van der Waals surface area contributed by atoms with Crippen molar-refractivity contribution in [2.45, 2.75) is 26.7 Å². The molecule has 0 saturated heterocycles. The van der Waals surface area contributed by atoms with E-state index in [0.717, 1.165) is 6.42 Å². The molecule has 0 aliphatic heterocycles. The standard InChI is InChI=1S/C7H12O2.Zn/c1-3-5-6(4-2)7(8)9;/h5H,3-4H2,1-2H3,(H,8,9);. The molecular weight excluding hydrogens is 181 g/mol. The third-order valence-corrected chi connectivity index (χ3v) is 1.11. The van der Waals surface area contributed by atoms with Gasteiger partial charge in [0, 0.05) is 25.1 Å². The number of allylic oxidation sites excluding steroid dienone is 1. The first-order valence-corrected chi connectivity index (χ1v) is 3.14. The van der Waals surface area contributed by atoms with Crippen molar-refractivity contribution >= 4 is 5.97 Å². The zero-order valence-electron chi connectivity index (χ0n) is 6.55. The van der Waals surface area contributed by atoms with Gasteiger partial charge < -0.3 is 5.11 Å². The van der Waals surface area contributed by atoms with Crippen LogP contribution in [-0.2, 0) is 24.3 Å². The number of carboxylic acids is 1. The van der Waals surface area contributed by atoms with Gasteiger partial charge in [-0.3, -0.25) is 0 Å². The van der Waals surface area contributed by atoms with Crippen LogP contribution in [-0.4, -0.2) is 11.1 Å². The third kappa shape index (κ3) is 4.69. The maximum absolute atomic E-state index is 10.3. The average Bonchev–Trinajstić information content (AvgIpc) is 1.82. The molecule has 0 aliphatic carbocycles. The quantitative estimate of drug-likeness (QED) is 0.548. The molecule has 1 N–H and O–H groups in total. The maximum atomic E-state index is 10.3. The normalized spacial score (nSPS) is 10.4. The summed E-state index contributed by atoms with van der Waals surface area (Å²) < 4.78 is 0. The van der Waals surface area contributed by atoms with Crippen molar-refractivity contribution in [3.63, 3.8) is 0 Å². The van der Waals surface area contributed by atoms with E-state index in [1.54, 1.807) is 6.08 Å². The third-order valence-electron chi connectivity index (χ3n) is 1.11. The SMILES string of the molecule is CCC=C(CC)C(=O)O.[Zn]. The molecule has 0 aromatic heterocycles. The summed E-state index contributed by atoms with van der Waals surface area (Å²) in [5, 5.41) is 8.44. The van der Waals surface area contributed by atoms with E-state index in [9.17, 15) is 4.79 Å². The van der Waals surface area contributed by atoms with E-state index < -0.39 is 5.97 Å². The second-order valence-electron chi connectivity index (χ2n) is 1.80. The molecule has 0 fully saturated rings. The summed E-state index contributed by atoms with van der Waals surface area (Å²) in [6.07, 6.45) is 3.15. The van der Waals surface area contributed by atoms with Crippen LogP contribution in [0.5, 0.6) is 0 Å². The van der Waals surface area contributed by atoms with Gasteiger partial charge in [-0.2, -0.15) is 0 Å². The van der Waals surface area contributed by atoms with Crippen molar-refractivity contribution in [2.24, 2.45) is 0 Å². The van der Waals surface area contributed by atoms with Crippen LogP contribution in [0.3, 0.4) is 0 Å². The summed E-state index contributed by atoms with van der Waals surface area (Å²) in [5.74, 6) is -0.792. The minimum Gasteiger partial charge on any atom is -0.478 e. The molecule has 0 radical (unpaired) electrons. The first kappa shape index (κ1) is 12.5. The fourth-order valence-electron chi connectivity index (χ4n) is 0.629. The Morgan fingerprint density at radius 3 is 2.10 bits per heavy atom. The smallest absolute Gasteiger partial charge is 0.331 e. The zero-order chi connectivity index (χ0) is 7.28. The summed E-state index contributed by atoms with van der Waals surface area (Å²) in [6, 6.07) is 0. The molecule has 2 nitrogen and oxygen atoms in total. The molecule has 0 amide bonds. The molecule has 0 saturated carbocycles. The fraction of sp³-hybridized carbons (Fsp3) is 0.571. The second-order valence-corrected chi connectivity index (χ2v) is 1.80. The first-order chi connectivity index (χ1) is 4.22. The van der Waals surface area contributed by atoms with E-state index in [0.29, 0.717) is 12.0 Å². The van der Waals surface area contributed by atoms with Gasteiger partial charge in [0.25, 0.3) is 0 Å². The largest absolute Gasteiger partial charge is 0.478 e. The molecule has 54 valence electrons. The number of hydrogen-bond donors (Lipinski definition) is 1. The van der Waals surface area contributed by atoms with Crippen molar-refractivity contribution in [1.82, 2.24) is 0 Å². The topological polar surface area (TPSA) is 37.3 Å². The van der Waals surface area contributed by atoms with Gasteiger partial charge in [0.2, 0.25) is 0 Å². The molecular formula is C7H12O2Zn. The predicted octanol–water partition coefficient (Wildman–Crippen LogP) is 1.81. The fourth-order valence-corrected chi connectivity index (χ4v) is 0.629. The Bertz CT molecular complexity index is 130. The molecule has 0 aromatic carbocycles.